The fraction of sp³-hybridized carbons (Fsp3) is 0.750. The van der Waals surface area contributed by atoms with E-state index in [4.69, 9.17) is 28.4 Å². The van der Waals surface area contributed by atoms with Crippen molar-refractivity contribution in [3.8, 4) is 0 Å². The van der Waals surface area contributed by atoms with Crippen molar-refractivity contribution in [2.45, 2.75) is 336 Å². The van der Waals surface area contributed by atoms with Crippen molar-refractivity contribution in [1.29, 1.82) is 0 Å². The largest absolute Gasteiger partial charge is 0.394 e. The summed E-state index contributed by atoms with van der Waals surface area (Å²) in [5, 5.41) is 121. The number of unbranched alkanes of at least 4 members (excludes halogenated alkanes) is 21. The lowest BCUT2D eigenvalue weighted by atomic mass is 9.96. The van der Waals surface area contributed by atoms with Crippen LogP contribution in [0.25, 0.3) is 0 Å². The van der Waals surface area contributed by atoms with E-state index in [1.54, 1.807) is 0 Å². The van der Waals surface area contributed by atoms with Crippen molar-refractivity contribution < 1.29 is 89.4 Å². The smallest absolute Gasteiger partial charge is 0.220 e. The normalized spacial score (nSPS) is 27.9. The van der Waals surface area contributed by atoms with Crippen molar-refractivity contribution in [2.75, 3.05) is 26.4 Å². The second-order valence-electron chi connectivity index (χ2n) is 25.7. The van der Waals surface area contributed by atoms with Crippen molar-refractivity contribution >= 4 is 5.91 Å². The third kappa shape index (κ3) is 37.5. The first-order valence-corrected chi connectivity index (χ1v) is 36.6. The monoisotopic (exact) mass is 1340 g/mol. The second kappa shape index (κ2) is 56.2. The van der Waals surface area contributed by atoms with E-state index in [0.29, 0.717) is 12.8 Å². The first-order valence-electron chi connectivity index (χ1n) is 36.6. The number of rotatable bonds is 55. The number of ether oxygens (including phenoxy) is 6. The molecule has 19 nitrogen and oxygen atoms in total. The van der Waals surface area contributed by atoms with E-state index in [1.807, 2.05) is 0 Å². The van der Waals surface area contributed by atoms with Gasteiger partial charge in [-0.2, -0.15) is 0 Å². The summed E-state index contributed by atoms with van der Waals surface area (Å²) >= 11 is 0. The molecule has 3 saturated heterocycles. The maximum atomic E-state index is 13.4. The van der Waals surface area contributed by atoms with E-state index < -0.39 is 124 Å². The quantitative estimate of drug-likeness (QED) is 0.0199. The van der Waals surface area contributed by atoms with Gasteiger partial charge >= 0.3 is 0 Å². The third-order valence-electron chi connectivity index (χ3n) is 17.6. The molecule has 0 bridgehead atoms. The number of carbonyl (C=O) groups excluding carboxylic acids is 1. The van der Waals surface area contributed by atoms with Crippen LogP contribution in [0.4, 0.5) is 0 Å². The van der Waals surface area contributed by atoms with Crippen LogP contribution in [0.1, 0.15) is 232 Å². The topological polar surface area (TPSA) is 307 Å². The molecule has 12 N–H and O–H groups in total. The Morgan fingerprint density at radius 3 is 1.14 bits per heavy atom. The molecule has 3 heterocycles. The van der Waals surface area contributed by atoms with Gasteiger partial charge in [0.15, 0.2) is 18.9 Å². The highest BCUT2D eigenvalue weighted by atomic mass is 16.8. The zero-order chi connectivity index (χ0) is 68.9. The number of aliphatic hydroxyl groups is 11. The molecule has 3 fully saturated rings. The lowest BCUT2D eigenvalue weighted by molar-refractivity contribution is -0.379. The Hall–Kier alpha value is -3.55. The predicted molar refractivity (Wildman–Crippen MR) is 374 cm³/mol. The highest BCUT2D eigenvalue weighted by Crippen LogP contribution is 2.33. The van der Waals surface area contributed by atoms with Gasteiger partial charge in [0.25, 0.3) is 0 Å². The lowest BCUT2D eigenvalue weighted by Gasteiger charge is -2.48. The predicted octanol–water partition coefficient (Wildman–Crippen LogP) is 10.6. The van der Waals surface area contributed by atoms with Crippen LogP contribution in [-0.4, -0.2) is 193 Å². The molecule has 3 aliphatic rings. The number of hydrogen-bond acceptors (Lipinski definition) is 18. The van der Waals surface area contributed by atoms with Gasteiger partial charge in [0, 0.05) is 6.42 Å². The third-order valence-corrected chi connectivity index (χ3v) is 17.6. The average Bonchev–Trinajstić information content (AvgIpc) is 0.787. The summed E-state index contributed by atoms with van der Waals surface area (Å²) in [6.07, 6.45) is 49.1. The van der Waals surface area contributed by atoms with E-state index >= 15 is 0 Å². The minimum Gasteiger partial charge on any atom is -0.394 e. The van der Waals surface area contributed by atoms with Crippen LogP contribution in [0.15, 0.2) is 109 Å². The van der Waals surface area contributed by atoms with Crippen LogP contribution in [0, 0.1) is 0 Å². The molecule has 1 amide bonds. The Labute approximate surface area is 570 Å². The Kier molecular flexibility index (Phi) is 50.7. The summed E-state index contributed by atoms with van der Waals surface area (Å²) in [5.74, 6) is -0.252. The lowest BCUT2D eigenvalue weighted by Crippen LogP contribution is -2.66. The minimum atomic E-state index is -1.98. The van der Waals surface area contributed by atoms with Gasteiger partial charge in [-0.3, -0.25) is 4.79 Å². The Morgan fingerprint density at radius 1 is 0.389 bits per heavy atom. The Balaban J connectivity index is 1.31. The van der Waals surface area contributed by atoms with Crippen LogP contribution in [0.5, 0.6) is 0 Å². The number of allylic oxidation sites excluding steroid dienone is 18. The van der Waals surface area contributed by atoms with E-state index in [9.17, 15) is 61.0 Å². The average molecular weight is 1340 g/mol. The Morgan fingerprint density at radius 2 is 0.726 bits per heavy atom. The first-order chi connectivity index (χ1) is 46.3. The van der Waals surface area contributed by atoms with Gasteiger partial charge in [0.2, 0.25) is 5.91 Å². The van der Waals surface area contributed by atoms with Gasteiger partial charge < -0.3 is 89.9 Å². The molecule has 546 valence electrons. The summed E-state index contributed by atoms with van der Waals surface area (Å²) < 4.78 is 34.4. The van der Waals surface area contributed by atoms with Crippen LogP contribution >= 0.6 is 0 Å². The zero-order valence-electron chi connectivity index (χ0n) is 57.9. The minimum absolute atomic E-state index is 0.252. The molecule has 0 saturated carbocycles. The molecule has 3 rings (SSSR count). The number of hydrogen-bond donors (Lipinski definition) is 12. The molecular formula is C76H129NO18. The molecule has 0 aliphatic carbocycles. The van der Waals surface area contributed by atoms with Crippen LogP contribution in [0.3, 0.4) is 0 Å². The summed E-state index contributed by atoms with van der Waals surface area (Å²) in [5.41, 5.74) is 0. The maximum absolute atomic E-state index is 13.4. The highest BCUT2D eigenvalue weighted by molar-refractivity contribution is 5.76. The highest BCUT2D eigenvalue weighted by Gasteiger charge is 2.53. The summed E-state index contributed by atoms with van der Waals surface area (Å²) in [4.78, 5) is 13.4. The van der Waals surface area contributed by atoms with E-state index in [2.05, 4.69) is 129 Å². The molecule has 3 aliphatic heterocycles. The molecule has 0 aromatic heterocycles. The van der Waals surface area contributed by atoms with Crippen LogP contribution in [0.2, 0.25) is 0 Å². The zero-order valence-corrected chi connectivity index (χ0v) is 57.9. The van der Waals surface area contributed by atoms with Gasteiger partial charge in [-0.25, -0.2) is 0 Å². The van der Waals surface area contributed by atoms with Crippen LogP contribution in [-0.2, 0) is 33.2 Å². The summed E-state index contributed by atoms with van der Waals surface area (Å²) in [6, 6.07) is -0.894. The van der Waals surface area contributed by atoms with Gasteiger partial charge in [0.1, 0.15) is 73.2 Å². The fourth-order valence-electron chi connectivity index (χ4n) is 11.7. The van der Waals surface area contributed by atoms with Crippen molar-refractivity contribution in [2.24, 2.45) is 0 Å². The summed E-state index contributed by atoms with van der Waals surface area (Å²) in [7, 11) is 0. The number of aliphatic hydroxyl groups excluding tert-OH is 11. The maximum Gasteiger partial charge on any atom is 0.220 e. The standard InChI is InChI=1S/C76H129NO18/c1-3-5-7-9-11-13-15-16-17-18-19-20-21-22-23-24-25-26-27-28-29-30-31-32-33-34-35-36-37-38-39-40-41-42-44-46-48-50-52-54-64(82)77-59(60(81)53-51-49-47-45-43-14-12-10-8-6-4-2)58-90-74-70(88)67(85)72(62(56-79)92-74)95-76-71(89)68(86)73(63(57-80)93-76)94-75-69(87)66(84)65(83)61(55-78)91-75/h5,7,11,13,16-17,19-20,22-23,25-26,28-29,31-32,34-35,59-63,65-76,78-81,83-89H,3-4,6,8-10,12,14-15,18,21,24,27,30,33,36-58H2,1-2H3,(H,77,82)/b7-5-,13-11-,17-16-,20-19-,23-22-,26-25-,29-28-,32-31-,35-34-. The summed E-state index contributed by atoms with van der Waals surface area (Å²) in [6.45, 7) is 1.65. The van der Waals surface area contributed by atoms with E-state index in [0.717, 1.165) is 116 Å². The number of nitrogens with one attached hydrogen (secondary N) is 1. The molecule has 95 heavy (non-hydrogen) atoms. The number of amides is 1. The van der Waals surface area contributed by atoms with Crippen molar-refractivity contribution in [3.05, 3.63) is 109 Å². The molecule has 17 atom stereocenters. The van der Waals surface area contributed by atoms with E-state index in [1.165, 1.54) is 83.5 Å². The number of carbonyl (C=O) groups is 1. The molecule has 17 unspecified atom stereocenters. The van der Waals surface area contributed by atoms with E-state index in [-0.39, 0.29) is 18.9 Å². The first kappa shape index (κ1) is 85.7. The molecule has 0 aromatic carbocycles. The molecule has 19 heteroatoms. The molecule has 0 radical (unpaired) electrons. The fourth-order valence-corrected chi connectivity index (χ4v) is 11.7. The van der Waals surface area contributed by atoms with Gasteiger partial charge in [-0.1, -0.05) is 252 Å². The van der Waals surface area contributed by atoms with Gasteiger partial charge in [-0.05, 0) is 83.5 Å². The van der Waals surface area contributed by atoms with Crippen LogP contribution < -0.4 is 5.32 Å². The second-order valence-corrected chi connectivity index (χ2v) is 25.7. The molecular weight excluding hydrogens is 1210 g/mol. The SMILES string of the molecule is CC/C=C\C/C=C\C/C=C\C/C=C\C/C=C\C/C=C\C/C=C\C/C=C\C/C=C\CCCCCCCCCCCCCC(=O)NC(COC1OC(CO)C(OC2OC(CO)C(OC3OC(CO)C(O)C(O)C3O)C(O)C2O)C(O)C1O)C(O)CCCCCCCCCCCCC. The Bertz CT molecular complexity index is 2140. The molecule has 0 aromatic rings. The van der Waals surface area contributed by atoms with Crippen molar-refractivity contribution in [1.82, 2.24) is 5.32 Å². The van der Waals surface area contributed by atoms with Gasteiger partial charge in [0.05, 0.1) is 38.6 Å². The van der Waals surface area contributed by atoms with Crippen molar-refractivity contribution in [3.63, 3.8) is 0 Å². The molecule has 0 spiro atoms. The van der Waals surface area contributed by atoms with Gasteiger partial charge in [-0.15, -0.1) is 0 Å².